The second kappa shape index (κ2) is 6.73. The summed E-state index contributed by atoms with van der Waals surface area (Å²) in [5, 5.41) is 5.16. The van der Waals surface area contributed by atoms with Gasteiger partial charge < -0.3 is 5.32 Å². The van der Waals surface area contributed by atoms with Crippen LogP contribution < -0.4 is 10.6 Å². The molecule has 1 aliphatic rings. The Hall–Kier alpha value is -1.58. The van der Waals surface area contributed by atoms with Crippen LogP contribution in [0.25, 0.3) is 0 Å². The first-order valence-electron chi connectivity index (χ1n) is 7.47. The molecule has 0 radical (unpaired) electrons. The van der Waals surface area contributed by atoms with E-state index >= 15 is 0 Å². The van der Waals surface area contributed by atoms with Gasteiger partial charge in [0.25, 0.3) is 5.92 Å². The summed E-state index contributed by atoms with van der Waals surface area (Å²) in [7, 11) is -0.634. The van der Waals surface area contributed by atoms with Crippen molar-refractivity contribution in [2.45, 2.75) is 36.2 Å². The molecule has 2 rings (SSSR count). The number of carbonyl (C=O) groups is 1. The van der Waals surface area contributed by atoms with E-state index in [9.17, 15) is 22.0 Å². The molecule has 1 heterocycles. The molecule has 0 spiro atoms. The molecule has 2 unspecified atom stereocenters. The highest BCUT2D eigenvalue weighted by atomic mass is 32.2. The molecule has 2 N–H and O–H groups in total. The maximum atomic E-state index is 13.1. The lowest BCUT2D eigenvalue weighted by atomic mass is 10.1. The van der Waals surface area contributed by atoms with Gasteiger partial charge in [0.05, 0.1) is 23.5 Å². The van der Waals surface area contributed by atoms with E-state index in [0.29, 0.717) is 5.56 Å². The van der Waals surface area contributed by atoms with Crippen molar-refractivity contribution in [3.05, 3.63) is 29.8 Å². The van der Waals surface area contributed by atoms with Gasteiger partial charge in [-0.15, -0.1) is 0 Å². The van der Waals surface area contributed by atoms with Gasteiger partial charge in [0.1, 0.15) is 0 Å². The average Bonchev–Trinajstić information content (AvgIpc) is 2.87. The Labute approximate surface area is 140 Å². The number of hydrogen-bond acceptors (Lipinski definition) is 4. The minimum Gasteiger partial charge on any atom is -0.348 e. The molecule has 1 fully saturated rings. The molecule has 1 aromatic carbocycles. The molecule has 1 amide bonds. The van der Waals surface area contributed by atoms with Gasteiger partial charge in [-0.05, 0) is 24.6 Å². The molecule has 24 heavy (non-hydrogen) atoms. The van der Waals surface area contributed by atoms with E-state index in [2.05, 4.69) is 10.6 Å². The third-order valence-electron chi connectivity index (χ3n) is 3.94. The van der Waals surface area contributed by atoms with Crippen LogP contribution in [0.4, 0.5) is 8.78 Å². The number of rotatable bonds is 5. The molecule has 0 bridgehead atoms. The highest BCUT2D eigenvalue weighted by Crippen LogP contribution is 2.25. The van der Waals surface area contributed by atoms with E-state index in [-0.39, 0.29) is 4.90 Å². The number of halogens is 2. The van der Waals surface area contributed by atoms with E-state index < -0.39 is 46.9 Å². The van der Waals surface area contributed by atoms with Crippen LogP contribution in [0.5, 0.6) is 0 Å². The topological polar surface area (TPSA) is 78.5 Å². The first kappa shape index (κ1) is 18.8. The molecule has 1 saturated heterocycles. The number of nitrogens with one attached hydrogen (secondary N) is 2. The van der Waals surface area contributed by atoms with Gasteiger partial charge in [0.2, 0.25) is 15.9 Å². The van der Waals surface area contributed by atoms with Crippen molar-refractivity contribution in [2.24, 2.45) is 0 Å². The minimum absolute atomic E-state index is 0.145. The molecule has 0 aliphatic carbocycles. The standard InChI is InChI=1S/C15H21F2N3O3S/c1-10(19-14(21)13-8-15(16,17)9-18-13)11-4-6-12(7-5-11)24(22,23)20(2)3/h4-7,10,13,18H,8-9H2,1-3H3,(H,19,21). The monoisotopic (exact) mass is 361 g/mol. The second-order valence-corrected chi connectivity index (χ2v) is 8.23. The minimum atomic E-state index is -3.52. The lowest BCUT2D eigenvalue weighted by Gasteiger charge is -2.18. The fourth-order valence-corrected chi connectivity index (χ4v) is 3.34. The average molecular weight is 361 g/mol. The normalized spacial score (nSPS) is 21.7. The molecule has 0 saturated carbocycles. The third kappa shape index (κ3) is 4.08. The number of alkyl halides is 2. The molecule has 134 valence electrons. The van der Waals surface area contributed by atoms with Crippen molar-refractivity contribution < 1.29 is 22.0 Å². The smallest absolute Gasteiger partial charge is 0.262 e. The van der Waals surface area contributed by atoms with Gasteiger partial charge in [-0.2, -0.15) is 0 Å². The first-order valence-corrected chi connectivity index (χ1v) is 8.91. The van der Waals surface area contributed by atoms with Crippen LogP contribution in [0, 0.1) is 0 Å². The Morgan fingerprint density at radius 3 is 2.38 bits per heavy atom. The van der Waals surface area contributed by atoms with E-state index in [1.807, 2.05) is 0 Å². The summed E-state index contributed by atoms with van der Waals surface area (Å²) < 4.78 is 51.4. The Balaban J connectivity index is 2.03. The summed E-state index contributed by atoms with van der Waals surface area (Å²) >= 11 is 0. The van der Waals surface area contributed by atoms with Crippen LogP contribution in [-0.2, 0) is 14.8 Å². The zero-order chi connectivity index (χ0) is 18.1. The lowest BCUT2D eigenvalue weighted by Crippen LogP contribution is -2.41. The predicted octanol–water partition coefficient (Wildman–Crippen LogP) is 1.11. The van der Waals surface area contributed by atoms with Crippen molar-refractivity contribution in [2.75, 3.05) is 20.6 Å². The lowest BCUT2D eigenvalue weighted by molar-refractivity contribution is -0.124. The fourth-order valence-electron chi connectivity index (χ4n) is 2.44. The van der Waals surface area contributed by atoms with Gasteiger partial charge in [0.15, 0.2) is 0 Å². The summed E-state index contributed by atoms with van der Waals surface area (Å²) in [5.74, 6) is -3.36. The van der Waals surface area contributed by atoms with Crippen LogP contribution in [0.3, 0.4) is 0 Å². The van der Waals surface area contributed by atoms with E-state index in [4.69, 9.17) is 0 Å². The summed E-state index contributed by atoms with van der Waals surface area (Å²) in [5.41, 5.74) is 0.686. The van der Waals surface area contributed by atoms with Crippen LogP contribution in [0.1, 0.15) is 24.9 Å². The number of nitrogens with zero attached hydrogens (tertiary/aromatic N) is 1. The molecule has 1 aliphatic heterocycles. The summed E-state index contributed by atoms with van der Waals surface area (Å²) in [6.07, 6.45) is -0.522. The largest absolute Gasteiger partial charge is 0.348 e. The first-order chi connectivity index (χ1) is 11.0. The molecular formula is C15H21F2N3O3S. The number of sulfonamides is 1. The van der Waals surface area contributed by atoms with Crippen molar-refractivity contribution in [1.29, 1.82) is 0 Å². The predicted molar refractivity (Wildman–Crippen MR) is 85.2 cm³/mol. The second-order valence-electron chi connectivity index (χ2n) is 6.08. The highest BCUT2D eigenvalue weighted by molar-refractivity contribution is 7.89. The van der Waals surface area contributed by atoms with Crippen molar-refractivity contribution in [3.8, 4) is 0 Å². The molecule has 1 aromatic rings. The van der Waals surface area contributed by atoms with Crippen LogP contribution in [0.15, 0.2) is 29.2 Å². The van der Waals surface area contributed by atoms with E-state index in [1.165, 1.54) is 26.2 Å². The van der Waals surface area contributed by atoms with Crippen LogP contribution >= 0.6 is 0 Å². The number of amides is 1. The van der Waals surface area contributed by atoms with Crippen molar-refractivity contribution >= 4 is 15.9 Å². The SMILES string of the molecule is CC(NC(=O)C1CC(F)(F)CN1)c1ccc(S(=O)(=O)N(C)C)cc1. The summed E-state index contributed by atoms with van der Waals surface area (Å²) in [4.78, 5) is 12.2. The highest BCUT2D eigenvalue weighted by Gasteiger charge is 2.42. The molecule has 6 nitrogen and oxygen atoms in total. The molecule has 2 atom stereocenters. The molecule has 0 aromatic heterocycles. The Morgan fingerprint density at radius 1 is 1.33 bits per heavy atom. The van der Waals surface area contributed by atoms with Crippen molar-refractivity contribution in [3.63, 3.8) is 0 Å². The quantitative estimate of drug-likeness (QED) is 0.824. The van der Waals surface area contributed by atoms with Gasteiger partial charge in [-0.3, -0.25) is 10.1 Å². The van der Waals surface area contributed by atoms with Gasteiger partial charge in [-0.1, -0.05) is 12.1 Å². The van der Waals surface area contributed by atoms with Crippen LogP contribution in [-0.4, -0.2) is 51.2 Å². The number of benzene rings is 1. The zero-order valence-corrected chi connectivity index (χ0v) is 14.5. The Kier molecular flexibility index (Phi) is 5.26. The van der Waals surface area contributed by atoms with Crippen LogP contribution in [0.2, 0.25) is 0 Å². The fraction of sp³-hybridized carbons (Fsp3) is 0.533. The van der Waals surface area contributed by atoms with Gasteiger partial charge in [-0.25, -0.2) is 21.5 Å². The summed E-state index contributed by atoms with van der Waals surface area (Å²) in [6, 6.07) is 4.75. The zero-order valence-electron chi connectivity index (χ0n) is 13.7. The Morgan fingerprint density at radius 2 is 1.92 bits per heavy atom. The molecular weight excluding hydrogens is 340 g/mol. The van der Waals surface area contributed by atoms with E-state index in [1.54, 1.807) is 19.1 Å². The van der Waals surface area contributed by atoms with Gasteiger partial charge in [0, 0.05) is 20.5 Å². The summed E-state index contributed by atoms with van der Waals surface area (Å²) in [6.45, 7) is 1.21. The van der Waals surface area contributed by atoms with Gasteiger partial charge >= 0.3 is 0 Å². The maximum Gasteiger partial charge on any atom is 0.262 e. The molecule has 9 heteroatoms. The van der Waals surface area contributed by atoms with E-state index in [0.717, 1.165) is 4.31 Å². The number of hydrogen-bond donors (Lipinski definition) is 2. The maximum absolute atomic E-state index is 13.1. The number of carbonyl (C=O) groups excluding carboxylic acids is 1. The Bertz CT molecular complexity index is 705. The third-order valence-corrected chi connectivity index (χ3v) is 5.77. The van der Waals surface area contributed by atoms with Crippen molar-refractivity contribution in [1.82, 2.24) is 14.9 Å².